The molecule has 7 nitrogen and oxygen atoms in total. The van der Waals surface area contributed by atoms with Gasteiger partial charge in [-0.2, -0.15) is 0 Å². The number of carboxylic acids is 1. The van der Waals surface area contributed by atoms with Gasteiger partial charge in [-0.05, 0) is 53.9 Å². The SMILES string of the molecule is C=CCCC(NC(=O)OCC1c2ccccc2-c2ccccc21)C(=O)NC1CCCC1CC(=O)O. The number of carboxylic acid groups (broad SMARTS) is 1. The molecule has 3 N–H and O–H groups in total. The third-order valence-electron chi connectivity index (χ3n) is 7.04. The van der Waals surface area contributed by atoms with Crippen LogP contribution in [0.25, 0.3) is 11.1 Å². The first kappa shape index (κ1) is 24.5. The van der Waals surface area contributed by atoms with Gasteiger partial charge in [0.25, 0.3) is 0 Å². The summed E-state index contributed by atoms with van der Waals surface area (Å²) in [6, 6.07) is 15.2. The highest BCUT2D eigenvalue weighted by Gasteiger charge is 2.33. The van der Waals surface area contributed by atoms with Crippen LogP contribution in [0.4, 0.5) is 4.79 Å². The van der Waals surface area contributed by atoms with Crippen LogP contribution in [0.1, 0.15) is 55.6 Å². The zero-order valence-corrected chi connectivity index (χ0v) is 19.7. The van der Waals surface area contributed by atoms with Gasteiger partial charge in [0.05, 0.1) is 6.42 Å². The molecule has 4 rings (SSSR count). The van der Waals surface area contributed by atoms with Crippen molar-refractivity contribution in [3.63, 3.8) is 0 Å². The maximum absolute atomic E-state index is 13.0. The van der Waals surface area contributed by atoms with Gasteiger partial charge in [-0.3, -0.25) is 9.59 Å². The van der Waals surface area contributed by atoms with Crippen molar-refractivity contribution in [3.05, 3.63) is 72.3 Å². The fourth-order valence-electron chi connectivity index (χ4n) is 5.31. The highest BCUT2D eigenvalue weighted by Crippen LogP contribution is 2.44. The predicted octanol–water partition coefficient (Wildman–Crippen LogP) is 4.62. The van der Waals surface area contributed by atoms with E-state index in [1.54, 1.807) is 6.08 Å². The summed E-state index contributed by atoms with van der Waals surface area (Å²) < 4.78 is 5.61. The molecule has 0 bridgehead atoms. The summed E-state index contributed by atoms with van der Waals surface area (Å²) in [5.41, 5.74) is 4.53. The van der Waals surface area contributed by atoms with Crippen LogP contribution < -0.4 is 10.6 Å². The van der Waals surface area contributed by atoms with E-state index in [1.807, 2.05) is 24.3 Å². The van der Waals surface area contributed by atoms with E-state index in [9.17, 15) is 14.4 Å². The molecule has 1 saturated carbocycles. The number of fused-ring (bicyclic) bond motifs is 3. The van der Waals surface area contributed by atoms with Gasteiger partial charge in [0, 0.05) is 12.0 Å². The molecule has 2 aromatic rings. The van der Waals surface area contributed by atoms with Gasteiger partial charge >= 0.3 is 12.1 Å². The summed E-state index contributed by atoms with van der Waals surface area (Å²) in [6.45, 7) is 3.88. The molecule has 3 unspecified atom stereocenters. The molecule has 35 heavy (non-hydrogen) atoms. The minimum absolute atomic E-state index is 0.0298. The van der Waals surface area contributed by atoms with Gasteiger partial charge in [-0.1, -0.05) is 61.0 Å². The van der Waals surface area contributed by atoms with E-state index in [4.69, 9.17) is 9.84 Å². The van der Waals surface area contributed by atoms with Crippen LogP contribution >= 0.6 is 0 Å². The number of carbonyl (C=O) groups excluding carboxylic acids is 2. The van der Waals surface area contributed by atoms with Crippen molar-refractivity contribution in [2.75, 3.05) is 6.61 Å². The zero-order chi connectivity index (χ0) is 24.8. The Balaban J connectivity index is 1.38. The molecule has 0 saturated heterocycles. The highest BCUT2D eigenvalue weighted by molar-refractivity contribution is 5.86. The maximum atomic E-state index is 13.0. The van der Waals surface area contributed by atoms with E-state index >= 15 is 0 Å². The summed E-state index contributed by atoms with van der Waals surface area (Å²) in [7, 11) is 0. The number of hydrogen-bond donors (Lipinski definition) is 3. The molecule has 0 heterocycles. The molecule has 184 valence electrons. The van der Waals surface area contributed by atoms with E-state index < -0.39 is 18.1 Å². The lowest BCUT2D eigenvalue weighted by atomic mass is 9.98. The fourth-order valence-corrected chi connectivity index (χ4v) is 5.31. The van der Waals surface area contributed by atoms with E-state index in [2.05, 4.69) is 41.5 Å². The van der Waals surface area contributed by atoms with E-state index in [1.165, 1.54) is 0 Å². The van der Waals surface area contributed by atoms with Gasteiger partial charge in [-0.15, -0.1) is 6.58 Å². The van der Waals surface area contributed by atoms with Crippen LogP contribution in [0.3, 0.4) is 0 Å². The van der Waals surface area contributed by atoms with Crippen LogP contribution in [0.2, 0.25) is 0 Å². The number of carbonyl (C=O) groups is 3. The fraction of sp³-hybridized carbons (Fsp3) is 0.393. The van der Waals surface area contributed by atoms with Crippen molar-refractivity contribution in [3.8, 4) is 11.1 Å². The number of allylic oxidation sites excluding steroid dienone is 1. The summed E-state index contributed by atoms with van der Waals surface area (Å²) in [5, 5.41) is 14.8. The zero-order valence-electron chi connectivity index (χ0n) is 19.7. The van der Waals surface area contributed by atoms with Gasteiger partial charge in [0.2, 0.25) is 5.91 Å². The molecule has 2 aliphatic carbocycles. The third kappa shape index (κ3) is 5.73. The number of hydrogen-bond acceptors (Lipinski definition) is 4. The molecule has 1 fully saturated rings. The number of aliphatic carboxylic acids is 1. The molecular formula is C28H32N2O5. The number of rotatable bonds is 10. The van der Waals surface area contributed by atoms with Gasteiger partial charge in [0.15, 0.2) is 0 Å². The first-order valence-electron chi connectivity index (χ1n) is 12.2. The van der Waals surface area contributed by atoms with Crippen molar-refractivity contribution in [1.29, 1.82) is 0 Å². The standard InChI is InChI=1S/C28H32N2O5/c1-2-3-14-25(27(33)29-24-15-8-9-18(24)16-26(31)32)30-28(34)35-17-23-21-12-6-4-10-19(21)20-11-5-7-13-22(20)23/h2,4-7,10-13,18,23-25H,1,3,8-9,14-17H2,(H,29,33)(H,30,34)(H,31,32). The second-order valence-corrected chi connectivity index (χ2v) is 9.29. The monoisotopic (exact) mass is 476 g/mol. The van der Waals surface area contributed by atoms with Crippen molar-refractivity contribution < 1.29 is 24.2 Å². The predicted molar refractivity (Wildman–Crippen MR) is 133 cm³/mol. The summed E-state index contributed by atoms with van der Waals surface area (Å²) >= 11 is 0. The molecule has 7 heteroatoms. The lowest BCUT2D eigenvalue weighted by Crippen LogP contribution is -2.50. The number of benzene rings is 2. The van der Waals surface area contributed by atoms with E-state index in [0.717, 1.165) is 41.5 Å². The van der Waals surface area contributed by atoms with Crippen molar-refractivity contribution in [2.45, 2.75) is 56.5 Å². The number of ether oxygens (including phenoxy) is 1. The van der Waals surface area contributed by atoms with Crippen LogP contribution in [0, 0.1) is 5.92 Å². The van der Waals surface area contributed by atoms with Crippen molar-refractivity contribution in [2.24, 2.45) is 5.92 Å². The quantitative estimate of drug-likeness (QED) is 0.434. The lowest BCUT2D eigenvalue weighted by molar-refractivity contribution is -0.138. The van der Waals surface area contributed by atoms with E-state index in [-0.39, 0.29) is 36.8 Å². The smallest absolute Gasteiger partial charge is 0.407 e. The van der Waals surface area contributed by atoms with Crippen LogP contribution in [0.5, 0.6) is 0 Å². The Morgan fingerprint density at radius 1 is 1.06 bits per heavy atom. The second kappa shape index (κ2) is 11.2. The average Bonchev–Trinajstić information content (AvgIpc) is 3.41. The molecule has 0 spiro atoms. The third-order valence-corrected chi connectivity index (χ3v) is 7.04. The molecule has 0 radical (unpaired) electrons. The van der Waals surface area contributed by atoms with Gasteiger partial charge in [-0.25, -0.2) is 4.79 Å². The minimum Gasteiger partial charge on any atom is -0.481 e. The molecular weight excluding hydrogens is 444 g/mol. The normalized spacial score (nSPS) is 19.3. The van der Waals surface area contributed by atoms with Gasteiger partial charge < -0.3 is 20.5 Å². The first-order valence-corrected chi connectivity index (χ1v) is 12.2. The highest BCUT2D eigenvalue weighted by atomic mass is 16.5. The van der Waals surface area contributed by atoms with Crippen molar-refractivity contribution >= 4 is 18.0 Å². The lowest BCUT2D eigenvalue weighted by Gasteiger charge is -2.24. The molecule has 3 atom stereocenters. The molecule has 0 aromatic heterocycles. The molecule has 2 aliphatic rings. The van der Waals surface area contributed by atoms with Crippen LogP contribution in [-0.2, 0) is 14.3 Å². The Bertz CT molecular complexity index is 1050. The van der Waals surface area contributed by atoms with Crippen LogP contribution in [0.15, 0.2) is 61.2 Å². The average molecular weight is 477 g/mol. The first-order chi connectivity index (χ1) is 17.0. The largest absolute Gasteiger partial charge is 0.481 e. The topological polar surface area (TPSA) is 105 Å². The number of nitrogens with one attached hydrogen (secondary N) is 2. The molecule has 0 aliphatic heterocycles. The Kier molecular flexibility index (Phi) is 7.85. The Hall–Kier alpha value is -3.61. The van der Waals surface area contributed by atoms with Crippen LogP contribution in [-0.4, -0.2) is 41.8 Å². The Morgan fingerprint density at radius 2 is 1.71 bits per heavy atom. The Labute approximate surface area is 205 Å². The molecule has 2 aromatic carbocycles. The number of amides is 2. The Morgan fingerprint density at radius 3 is 2.34 bits per heavy atom. The van der Waals surface area contributed by atoms with E-state index in [0.29, 0.717) is 12.8 Å². The van der Waals surface area contributed by atoms with Crippen molar-refractivity contribution in [1.82, 2.24) is 10.6 Å². The second-order valence-electron chi connectivity index (χ2n) is 9.29. The number of alkyl carbamates (subject to hydrolysis) is 1. The minimum atomic E-state index is -0.865. The summed E-state index contributed by atoms with van der Waals surface area (Å²) in [4.78, 5) is 36.9. The maximum Gasteiger partial charge on any atom is 0.407 e. The molecule has 2 amide bonds. The summed E-state index contributed by atoms with van der Waals surface area (Å²) in [5.74, 6) is -1.34. The van der Waals surface area contributed by atoms with Gasteiger partial charge in [0.1, 0.15) is 12.6 Å². The summed E-state index contributed by atoms with van der Waals surface area (Å²) in [6.07, 6.45) is 4.40.